The van der Waals surface area contributed by atoms with Crippen LogP contribution in [0, 0.1) is 0 Å². The van der Waals surface area contributed by atoms with E-state index in [4.69, 9.17) is 11.6 Å². The van der Waals surface area contributed by atoms with Crippen molar-refractivity contribution in [1.82, 2.24) is 5.32 Å². The molecule has 0 aromatic heterocycles. The van der Waals surface area contributed by atoms with Gasteiger partial charge in [0.15, 0.2) is 0 Å². The maximum absolute atomic E-state index is 12.8. The monoisotopic (exact) mass is 313 g/mol. The van der Waals surface area contributed by atoms with Crippen LogP contribution in [-0.2, 0) is 12.7 Å². The molecular formula is C15H11ClF3NO. The summed E-state index contributed by atoms with van der Waals surface area (Å²) in [5.74, 6) is -0.789. The highest BCUT2D eigenvalue weighted by Crippen LogP contribution is 2.31. The van der Waals surface area contributed by atoms with Crippen LogP contribution < -0.4 is 5.32 Å². The summed E-state index contributed by atoms with van der Waals surface area (Å²) in [5, 5.41) is 2.89. The maximum Gasteiger partial charge on any atom is 0.417 e. The third-order valence-electron chi connectivity index (χ3n) is 2.87. The van der Waals surface area contributed by atoms with Gasteiger partial charge < -0.3 is 5.32 Å². The van der Waals surface area contributed by atoms with E-state index >= 15 is 0 Å². The Morgan fingerprint density at radius 2 is 1.67 bits per heavy atom. The molecule has 0 spiro atoms. The Bertz CT molecular complexity index is 655. The van der Waals surface area contributed by atoms with Gasteiger partial charge in [-0.05, 0) is 23.8 Å². The van der Waals surface area contributed by atoms with Crippen molar-refractivity contribution < 1.29 is 18.0 Å². The number of halogens is 4. The first kappa shape index (κ1) is 15.4. The van der Waals surface area contributed by atoms with Crippen molar-refractivity contribution in [2.24, 2.45) is 0 Å². The predicted molar refractivity (Wildman–Crippen MR) is 74.1 cm³/mol. The molecule has 0 radical (unpaired) electrons. The van der Waals surface area contributed by atoms with Crippen molar-refractivity contribution in [1.29, 1.82) is 0 Å². The lowest BCUT2D eigenvalue weighted by molar-refractivity contribution is -0.137. The molecule has 2 aromatic rings. The molecule has 0 saturated carbocycles. The molecule has 0 aliphatic carbocycles. The standard InChI is InChI=1S/C15H11ClF3NO/c16-13-8-4-1-5-10(13)9-20-14(21)11-6-2-3-7-12(11)15(17,18)19/h1-8H,9H2,(H,20,21). The lowest BCUT2D eigenvalue weighted by Crippen LogP contribution is -2.26. The molecule has 0 fully saturated rings. The summed E-state index contributed by atoms with van der Waals surface area (Å²) >= 11 is 5.93. The number of alkyl halides is 3. The van der Waals surface area contributed by atoms with Gasteiger partial charge in [0, 0.05) is 11.6 Å². The summed E-state index contributed by atoms with van der Waals surface area (Å²) in [5.41, 5.74) is -0.726. The molecular weight excluding hydrogens is 303 g/mol. The second kappa shape index (κ2) is 6.18. The molecule has 0 heterocycles. The molecule has 6 heteroatoms. The van der Waals surface area contributed by atoms with Gasteiger partial charge in [0.1, 0.15) is 0 Å². The van der Waals surface area contributed by atoms with E-state index < -0.39 is 23.2 Å². The molecule has 0 aliphatic heterocycles. The first-order valence-electron chi connectivity index (χ1n) is 6.07. The number of hydrogen-bond donors (Lipinski definition) is 1. The highest BCUT2D eigenvalue weighted by Gasteiger charge is 2.34. The number of hydrogen-bond acceptors (Lipinski definition) is 1. The van der Waals surface area contributed by atoms with Gasteiger partial charge in [-0.1, -0.05) is 41.9 Å². The summed E-state index contributed by atoms with van der Waals surface area (Å²) in [4.78, 5) is 11.9. The van der Waals surface area contributed by atoms with Gasteiger partial charge >= 0.3 is 6.18 Å². The van der Waals surface area contributed by atoms with Gasteiger partial charge in [0.05, 0.1) is 11.1 Å². The molecule has 1 amide bonds. The fourth-order valence-corrected chi connectivity index (χ4v) is 2.04. The van der Waals surface area contributed by atoms with E-state index in [-0.39, 0.29) is 6.54 Å². The largest absolute Gasteiger partial charge is 0.417 e. The average molecular weight is 314 g/mol. The fourth-order valence-electron chi connectivity index (χ4n) is 1.84. The van der Waals surface area contributed by atoms with Crippen molar-refractivity contribution in [2.45, 2.75) is 12.7 Å². The molecule has 0 aliphatic rings. The number of carbonyl (C=O) groups is 1. The van der Waals surface area contributed by atoms with Crippen molar-refractivity contribution >= 4 is 17.5 Å². The maximum atomic E-state index is 12.8. The topological polar surface area (TPSA) is 29.1 Å². The van der Waals surface area contributed by atoms with E-state index in [2.05, 4.69) is 5.32 Å². The second-order valence-corrected chi connectivity index (χ2v) is 4.72. The third kappa shape index (κ3) is 3.76. The number of nitrogens with one attached hydrogen (secondary N) is 1. The summed E-state index contributed by atoms with van der Waals surface area (Å²) in [6, 6.07) is 11.5. The van der Waals surface area contributed by atoms with Crippen molar-refractivity contribution in [3.05, 3.63) is 70.2 Å². The van der Waals surface area contributed by atoms with Crippen LogP contribution in [0.1, 0.15) is 21.5 Å². The SMILES string of the molecule is O=C(NCc1ccccc1Cl)c1ccccc1C(F)(F)F. The summed E-state index contributed by atoms with van der Waals surface area (Å²) in [6.07, 6.45) is -4.57. The van der Waals surface area contributed by atoms with Crippen LogP contribution in [0.5, 0.6) is 0 Å². The Hall–Kier alpha value is -2.01. The van der Waals surface area contributed by atoms with Crippen LogP contribution in [0.15, 0.2) is 48.5 Å². The van der Waals surface area contributed by atoms with Crippen LogP contribution in [0.25, 0.3) is 0 Å². The first-order valence-corrected chi connectivity index (χ1v) is 6.45. The Kier molecular flexibility index (Phi) is 4.53. The van der Waals surface area contributed by atoms with Gasteiger partial charge in [-0.3, -0.25) is 4.79 Å². The van der Waals surface area contributed by atoms with Crippen LogP contribution in [0.3, 0.4) is 0 Å². The van der Waals surface area contributed by atoms with Crippen molar-refractivity contribution in [3.63, 3.8) is 0 Å². The Balaban J connectivity index is 2.17. The lowest BCUT2D eigenvalue weighted by atomic mass is 10.1. The molecule has 110 valence electrons. The summed E-state index contributed by atoms with van der Waals surface area (Å²) in [7, 11) is 0. The van der Waals surface area contributed by atoms with E-state index in [1.807, 2.05) is 0 Å². The summed E-state index contributed by atoms with van der Waals surface area (Å²) in [6.45, 7) is 0.0602. The zero-order valence-electron chi connectivity index (χ0n) is 10.7. The van der Waals surface area contributed by atoms with Crippen LogP contribution in [0.2, 0.25) is 5.02 Å². The Morgan fingerprint density at radius 3 is 2.33 bits per heavy atom. The van der Waals surface area contributed by atoms with Crippen LogP contribution in [-0.4, -0.2) is 5.91 Å². The molecule has 0 unspecified atom stereocenters. The molecule has 2 aromatic carbocycles. The van der Waals surface area contributed by atoms with Gasteiger partial charge in [0.2, 0.25) is 0 Å². The molecule has 0 atom stereocenters. The number of rotatable bonds is 3. The zero-order valence-corrected chi connectivity index (χ0v) is 11.5. The first-order chi connectivity index (χ1) is 9.89. The van der Waals surface area contributed by atoms with E-state index in [9.17, 15) is 18.0 Å². The third-order valence-corrected chi connectivity index (χ3v) is 3.24. The van der Waals surface area contributed by atoms with Gasteiger partial charge in [-0.15, -0.1) is 0 Å². The number of carbonyl (C=O) groups excluding carboxylic acids is 1. The lowest BCUT2D eigenvalue weighted by Gasteiger charge is -2.13. The molecule has 2 nitrogen and oxygen atoms in total. The van der Waals surface area contributed by atoms with E-state index in [1.165, 1.54) is 12.1 Å². The highest BCUT2D eigenvalue weighted by atomic mass is 35.5. The van der Waals surface area contributed by atoms with Crippen molar-refractivity contribution in [3.8, 4) is 0 Å². The minimum Gasteiger partial charge on any atom is -0.348 e. The zero-order chi connectivity index (χ0) is 15.5. The molecule has 1 N–H and O–H groups in total. The van der Waals surface area contributed by atoms with Crippen molar-refractivity contribution in [2.75, 3.05) is 0 Å². The van der Waals surface area contributed by atoms with Gasteiger partial charge in [-0.2, -0.15) is 13.2 Å². The van der Waals surface area contributed by atoms with E-state index in [0.717, 1.165) is 12.1 Å². The predicted octanol–water partition coefficient (Wildman–Crippen LogP) is 4.29. The van der Waals surface area contributed by atoms with E-state index in [1.54, 1.807) is 24.3 Å². The number of amides is 1. The van der Waals surface area contributed by atoms with E-state index in [0.29, 0.717) is 10.6 Å². The minimum atomic E-state index is -4.57. The minimum absolute atomic E-state index is 0.0602. The van der Waals surface area contributed by atoms with Gasteiger partial charge in [0.25, 0.3) is 5.91 Å². The average Bonchev–Trinajstić information content (AvgIpc) is 2.45. The quantitative estimate of drug-likeness (QED) is 0.900. The summed E-state index contributed by atoms with van der Waals surface area (Å²) < 4.78 is 38.5. The van der Waals surface area contributed by atoms with Crippen LogP contribution >= 0.6 is 11.6 Å². The van der Waals surface area contributed by atoms with Crippen LogP contribution in [0.4, 0.5) is 13.2 Å². The van der Waals surface area contributed by atoms with Gasteiger partial charge in [-0.25, -0.2) is 0 Å². The second-order valence-electron chi connectivity index (χ2n) is 4.32. The normalized spacial score (nSPS) is 11.2. The smallest absolute Gasteiger partial charge is 0.348 e. The molecule has 21 heavy (non-hydrogen) atoms. The molecule has 2 rings (SSSR count). The number of benzene rings is 2. The highest BCUT2D eigenvalue weighted by molar-refractivity contribution is 6.31. The molecule has 0 saturated heterocycles. The Morgan fingerprint density at radius 1 is 1.05 bits per heavy atom. The fraction of sp³-hybridized carbons (Fsp3) is 0.133. The molecule has 0 bridgehead atoms. The Labute approximate surface area is 124 Å².